The third-order valence-electron chi connectivity index (χ3n) is 5.08. The zero-order chi connectivity index (χ0) is 21.1. The summed E-state index contributed by atoms with van der Waals surface area (Å²) in [5.74, 6) is -0.159. The van der Waals surface area contributed by atoms with Crippen LogP contribution in [0.3, 0.4) is 0 Å². The molecule has 1 amide bonds. The number of hydrogen-bond donors (Lipinski definition) is 1. The predicted octanol–water partition coefficient (Wildman–Crippen LogP) is 3.95. The van der Waals surface area contributed by atoms with E-state index in [1.54, 1.807) is 0 Å². The van der Waals surface area contributed by atoms with E-state index in [0.29, 0.717) is 11.2 Å². The highest BCUT2D eigenvalue weighted by Crippen LogP contribution is 2.24. The van der Waals surface area contributed by atoms with Crippen molar-refractivity contribution in [3.63, 3.8) is 0 Å². The Balaban J connectivity index is 1.52. The maximum absolute atomic E-state index is 12.8. The summed E-state index contributed by atoms with van der Waals surface area (Å²) >= 11 is 0. The van der Waals surface area contributed by atoms with E-state index in [4.69, 9.17) is 4.52 Å². The van der Waals surface area contributed by atoms with Gasteiger partial charge in [0.1, 0.15) is 11.2 Å². The number of para-hydroxylation sites is 1. The number of anilines is 1. The molecular weight excluding hydrogens is 380 g/mol. The lowest BCUT2D eigenvalue weighted by atomic mass is 10.1. The quantitative estimate of drug-likeness (QED) is 0.527. The second-order valence-electron chi connectivity index (χ2n) is 7.08. The predicted molar refractivity (Wildman–Crippen MR) is 115 cm³/mol. The monoisotopic (exact) mass is 402 g/mol. The third kappa shape index (κ3) is 3.74. The first-order valence-corrected chi connectivity index (χ1v) is 9.87. The van der Waals surface area contributed by atoms with E-state index in [9.17, 15) is 9.59 Å². The van der Waals surface area contributed by atoms with Gasteiger partial charge in [-0.25, -0.2) is 4.98 Å². The normalized spacial score (nSPS) is 11.0. The van der Waals surface area contributed by atoms with E-state index < -0.39 is 0 Å². The number of nitrogens with zero attached hydrogens (tertiary/aromatic N) is 3. The molecule has 0 aliphatic heterocycles. The van der Waals surface area contributed by atoms with Crippen LogP contribution in [0.15, 0.2) is 64.2 Å². The van der Waals surface area contributed by atoms with Crippen LogP contribution in [0.4, 0.5) is 5.69 Å². The molecule has 1 N–H and O–H groups in total. The number of nitrogens with one attached hydrogen (secondary N) is 1. The third-order valence-corrected chi connectivity index (χ3v) is 5.08. The van der Waals surface area contributed by atoms with Crippen molar-refractivity contribution < 1.29 is 9.32 Å². The van der Waals surface area contributed by atoms with Crippen molar-refractivity contribution in [2.75, 3.05) is 5.32 Å². The first-order valence-electron chi connectivity index (χ1n) is 9.87. The van der Waals surface area contributed by atoms with Crippen LogP contribution >= 0.6 is 0 Å². The van der Waals surface area contributed by atoms with E-state index >= 15 is 0 Å². The molecule has 0 saturated heterocycles. The maximum atomic E-state index is 12.8. The van der Waals surface area contributed by atoms with Crippen LogP contribution in [0.1, 0.15) is 24.5 Å². The molecule has 0 bridgehead atoms. The summed E-state index contributed by atoms with van der Waals surface area (Å²) in [5, 5.41) is 6.99. The van der Waals surface area contributed by atoms with Crippen molar-refractivity contribution in [3.05, 3.63) is 76.3 Å². The molecule has 2 heterocycles. The Morgan fingerprint density at radius 2 is 1.93 bits per heavy atom. The Hall–Kier alpha value is -3.74. The van der Waals surface area contributed by atoms with Gasteiger partial charge in [0.25, 0.3) is 11.1 Å². The van der Waals surface area contributed by atoms with Crippen molar-refractivity contribution >= 4 is 22.7 Å². The van der Waals surface area contributed by atoms with Gasteiger partial charge in [-0.2, -0.15) is 0 Å². The standard InChI is InChI=1S/C23H22N4O3/c1-3-16-11-7-8-15(2)19(16)25-18(28)12-13-27-14-24-21-20(17-9-5-4-6-10-17)26-30-22(21)23(27)29/h4-11,14H,3,12-13H2,1-2H3,(H,25,28). The Bertz CT molecular complexity index is 1260. The number of aryl methyl sites for hydroxylation is 3. The second-order valence-corrected chi connectivity index (χ2v) is 7.08. The van der Waals surface area contributed by atoms with Gasteiger partial charge in [-0.05, 0) is 24.5 Å². The van der Waals surface area contributed by atoms with Crippen molar-refractivity contribution in [1.29, 1.82) is 0 Å². The van der Waals surface area contributed by atoms with Crippen LogP contribution in [0.5, 0.6) is 0 Å². The summed E-state index contributed by atoms with van der Waals surface area (Å²) in [7, 11) is 0. The second kappa shape index (κ2) is 8.32. The molecule has 0 radical (unpaired) electrons. The molecule has 4 rings (SSSR count). The number of benzene rings is 2. The Morgan fingerprint density at radius 1 is 1.13 bits per heavy atom. The number of rotatable bonds is 6. The first-order chi connectivity index (χ1) is 14.6. The van der Waals surface area contributed by atoms with Crippen molar-refractivity contribution in [1.82, 2.24) is 14.7 Å². The van der Waals surface area contributed by atoms with Crippen LogP contribution in [-0.4, -0.2) is 20.6 Å². The zero-order valence-corrected chi connectivity index (χ0v) is 16.9. The molecule has 7 nitrogen and oxygen atoms in total. The Labute approximate surface area is 173 Å². The Kier molecular flexibility index (Phi) is 5.43. The largest absolute Gasteiger partial charge is 0.348 e. The fourth-order valence-electron chi connectivity index (χ4n) is 3.43. The molecule has 0 unspecified atom stereocenters. The molecule has 0 spiro atoms. The van der Waals surface area contributed by atoms with Gasteiger partial charge in [0.15, 0.2) is 0 Å². The van der Waals surface area contributed by atoms with Crippen molar-refractivity contribution in [3.8, 4) is 11.3 Å². The fourth-order valence-corrected chi connectivity index (χ4v) is 3.43. The minimum atomic E-state index is -0.354. The number of hydrogen-bond acceptors (Lipinski definition) is 5. The summed E-state index contributed by atoms with van der Waals surface area (Å²) < 4.78 is 6.65. The minimum Gasteiger partial charge on any atom is -0.348 e. The Morgan fingerprint density at radius 3 is 2.70 bits per heavy atom. The number of carbonyl (C=O) groups is 1. The van der Waals surface area contributed by atoms with Crippen LogP contribution in [0.2, 0.25) is 0 Å². The number of fused-ring (bicyclic) bond motifs is 1. The molecule has 2 aromatic carbocycles. The van der Waals surface area contributed by atoms with Gasteiger partial charge < -0.3 is 9.84 Å². The molecular formula is C23H22N4O3. The maximum Gasteiger partial charge on any atom is 0.299 e. The van der Waals surface area contributed by atoms with Gasteiger partial charge >= 0.3 is 0 Å². The fraction of sp³-hybridized carbons (Fsp3) is 0.217. The van der Waals surface area contributed by atoms with Crippen molar-refractivity contribution in [2.24, 2.45) is 0 Å². The van der Waals surface area contributed by atoms with E-state index in [0.717, 1.165) is 28.8 Å². The molecule has 0 atom stereocenters. The van der Waals surface area contributed by atoms with Crippen LogP contribution in [0, 0.1) is 6.92 Å². The molecule has 0 aliphatic rings. The highest BCUT2D eigenvalue weighted by Gasteiger charge is 2.17. The van der Waals surface area contributed by atoms with Crippen LogP contribution in [0.25, 0.3) is 22.4 Å². The zero-order valence-electron chi connectivity index (χ0n) is 16.9. The molecule has 7 heteroatoms. The smallest absolute Gasteiger partial charge is 0.299 e. The first kappa shape index (κ1) is 19.6. The average Bonchev–Trinajstić information content (AvgIpc) is 3.20. The van der Waals surface area contributed by atoms with Gasteiger partial charge in [-0.3, -0.25) is 14.2 Å². The van der Waals surface area contributed by atoms with E-state index in [2.05, 4.69) is 15.5 Å². The highest BCUT2D eigenvalue weighted by molar-refractivity contribution is 5.92. The number of carbonyl (C=O) groups excluding carboxylic acids is 1. The van der Waals surface area contributed by atoms with Crippen molar-refractivity contribution in [2.45, 2.75) is 33.2 Å². The molecule has 2 aromatic heterocycles. The molecule has 0 saturated carbocycles. The molecule has 0 aliphatic carbocycles. The van der Waals surface area contributed by atoms with Gasteiger partial charge in [0.2, 0.25) is 5.91 Å². The SMILES string of the molecule is CCc1cccc(C)c1NC(=O)CCn1cnc2c(-c3ccccc3)noc2c1=O. The lowest BCUT2D eigenvalue weighted by Gasteiger charge is -2.13. The summed E-state index contributed by atoms with van der Waals surface area (Å²) in [6, 6.07) is 15.4. The highest BCUT2D eigenvalue weighted by atomic mass is 16.5. The minimum absolute atomic E-state index is 0.0870. The van der Waals surface area contributed by atoms with E-state index in [-0.39, 0.29) is 30.0 Å². The van der Waals surface area contributed by atoms with Gasteiger partial charge in [-0.15, -0.1) is 0 Å². The van der Waals surface area contributed by atoms with Crippen LogP contribution in [-0.2, 0) is 17.8 Å². The molecule has 152 valence electrons. The summed E-state index contributed by atoms with van der Waals surface area (Å²) in [4.78, 5) is 29.6. The van der Waals surface area contributed by atoms with Crippen LogP contribution < -0.4 is 10.9 Å². The lowest BCUT2D eigenvalue weighted by Crippen LogP contribution is -2.23. The number of aromatic nitrogens is 3. The average molecular weight is 402 g/mol. The van der Waals surface area contributed by atoms with Gasteiger partial charge in [-0.1, -0.05) is 60.6 Å². The number of amides is 1. The molecule has 30 heavy (non-hydrogen) atoms. The van der Waals surface area contributed by atoms with Gasteiger partial charge in [0.05, 0.1) is 6.33 Å². The molecule has 0 fully saturated rings. The van der Waals surface area contributed by atoms with E-state index in [1.807, 2.05) is 62.4 Å². The van der Waals surface area contributed by atoms with Gasteiger partial charge in [0, 0.05) is 24.2 Å². The van der Waals surface area contributed by atoms with E-state index in [1.165, 1.54) is 10.9 Å². The summed E-state index contributed by atoms with van der Waals surface area (Å²) in [6.07, 6.45) is 2.41. The summed E-state index contributed by atoms with van der Waals surface area (Å²) in [6.45, 7) is 4.21. The summed E-state index contributed by atoms with van der Waals surface area (Å²) in [5.41, 5.74) is 4.44. The molecule has 4 aromatic rings. The topological polar surface area (TPSA) is 90.0 Å². The lowest BCUT2D eigenvalue weighted by molar-refractivity contribution is -0.116.